The van der Waals surface area contributed by atoms with Gasteiger partial charge in [0.2, 0.25) is 0 Å². The lowest BCUT2D eigenvalue weighted by molar-refractivity contribution is 0.414. The van der Waals surface area contributed by atoms with Crippen LogP contribution in [0.5, 0.6) is 5.75 Å². The van der Waals surface area contributed by atoms with Gasteiger partial charge in [-0.2, -0.15) is 4.52 Å². The first-order valence-electron chi connectivity index (χ1n) is 8.09. The van der Waals surface area contributed by atoms with Crippen molar-refractivity contribution in [1.82, 2.24) is 19.8 Å². The van der Waals surface area contributed by atoms with Crippen molar-refractivity contribution in [2.45, 2.75) is 6.54 Å². The highest BCUT2D eigenvalue weighted by Gasteiger charge is 2.13. The molecule has 0 unspecified atom stereocenters. The first-order valence-corrected chi connectivity index (χ1v) is 8.09. The Kier molecular flexibility index (Phi) is 4.18. The maximum Gasteiger partial charge on any atom is 0.188 e. The zero-order valence-corrected chi connectivity index (χ0v) is 14.1. The number of nitrogens with zero attached hydrogens (tertiary/aromatic N) is 4. The quantitative estimate of drug-likeness (QED) is 0.597. The molecule has 7 heteroatoms. The van der Waals surface area contributed by atoms with E-state index in [-0.39, 0.29) is 5.82 Å². The van der Waals surface area contributed by atoms with E-state index in [1.165, 1.54) is 10.6 Å². The van der Waals surface area contributed by atoms with Gasteiger partial charge in [-0.1, -0.05) is 24.3 Å². The Bertz CT molecular complexity index is 1060. The lowest BCUT2D eigenvalue weighted by atomic mass is 10.2. The average Bonchev–Trinajstić information content (AvgIpc) is 3.10. The van der Waals surface area contributed by atoms with Gasteiger partial charge in [0.1, 0.15) is 17.4 Å². The average molecular weight is 349 g/mol. The zero-order valence-electron chi connectivity index (χ0n) is 14.1. The lowest BCUT2D eigenvalue weighted by Crippen LogP contribution is -2.05. The highest BCUT2D eigenvalue weighted by atomic mass is 19.1. The van der Waals surface area contributed by atoms with E-state index >= 15 is 0 Å². The van der Waals surface area contributed by atoms with Crippen LogP contribution in [0.3, 0.4) is 0 Å². The third-order valence-electron chi connectivity index (χ3n) is 3.99. The summed E-state index contributed by atoms with van der Waals surface area (Å²) in [5.41, 5.74) is 1.97. The topological polar surface area (TPSA) is 64.3 Å². The van der Waals surface area contributed by atoms with Crippen molar-refractivity contribution in [1.29, 1.82) is 0 Å². The van der Waals surface area contributed by atoms with Crippen LogP contribution in [0.15, 0.2) is 60.7 Å². The van der Waals surface area contributed by atoms with Gasteiger partial charge in [-0.05, 0) is 42.0 Å². The van der Waals surface area contributed by atoms with E-state index in [0.717, 1.165) is 11.3 Å². The van der Waals surface area contributed by atoms with Crippen LogP contribution in [-0.2, 0) is 6.54 Å². The molecule has 4 rings (SSSR count). The van der Waals surface area contributed by atoms with Crippen LogP contribution in [0.4, 0.5) is 10.2 Å². The summed E-state index contributed by atoms with van der Waals surface area (Å²) in [4.78, 5) is 0. The predicted octanol–water partition coefficient (Wildman–Crippen LogP) is 3.55. The number of halogens is 1. The van der Waals surface area contributed by atoms with Crippen molar-refractivity contribution in [3.8, 4) is 17.1 Å². The van der Waals surface area contributed by atoms with E-state index in [0.29, 0.717) is 29.4 Å². The van der Waals surface area contributed by atoms with Crippen molar-refractivity contribution >= 4 is 11.5 Å². The summed E-state index contributed by atoms with van der Waals surface area (Å²) in [5, 5.41) is 15.9. The van der Waals surface area contributed by atoms with E-state index in [2.05, 4.69) is 20.6 Å². The van der Waals surface area contributed by atoms with Crippen molar-refractivity contribution in [2.24, 2.45) is 0 Å². The Labute approximate surface area is 149 Å². The number of fused-ring (bicyclic) bond motifs is 1. The van der Waals surface area contributed by atoms with Crippen LogP contribution in [0.25, 0.3) is 17.0 Å². The van der Waals surface area contributed by atoms with Crippen molar-refractivity contribution in [3.05, 3.63) is 72.0 Å². The smallest absolute Gasteiger partial charge is 0.188 e. The van der Waals surface area contributed by atoms with Crippen LogP contribution in [0.2, 0.25) is 0 Å². The summed E-state index contributed by atoms with van der Waals surface area (Å²) >= 11 is 0. The Hall–Kier alpha value is -3.48. The molecule has 0 aliphatic carbocycles. The lowest BCUT2D eigenvalue weighted by Gasteiger charge is -2.08. The van der Waals surface area contributed by atoms with Crippen LogP contribution < -0.4 is 10.1 Å². The largest absolute Gasteiger partial charge is 0.497 e. The van der Waals surface area contributed by atoms with Gasteiger partial charge in [0, 0.05) is 6.54 Å². The summed E-state index contributed by atoms with van der Waals surface area (Å²) in [6.45, 7) is 0.576. The minimum atomic E-state index is -0.363. The van der Waals surface area contributed by atoms with Crippen LogP contribution in [0, 0.1) is 5.82 Å². The van der Waals surface area contributed by atoms with Crippen molar-refractivity contribution in [2.75, 3.05) is 12.4 Å². The summed E-state index contributed by atoms with van der Waals surface area (Å²) in [5.74, 6) is 1.44. The minimum absolute atomic E-state index is 0.359. The third-order valence-corrected chi connectivity index (χ3v) is 3.99. The molecule has 26 heavy (non-hydrogen) atoms. The first-order chi connectivity index (χ1) is 12.7. The Morgan fingerprint density at radius 3 is 2.77 bits per heavy atom. The number of hydrogen-bond acceptors (Lipinski definition) is 5. The van der Waals surface area contributed by atoms with Gasteiger partial charge in [-0.25, -0.2) is 4.39 Å². The molecule has 0 aliphatic rings. The maximum absolute atomic E-state index is 14.1. The second-order valence-electron chi connectivity index (χ2n) is 5.70. The fraction of sp³-hybridized carbons (Fsp3) is 0.105. The fourth-order valence-electron chi connectivity index (χ4n) is 2.67. The number of rotatable bonds is 5. The molecule has 1 N–H and O–H groups in total. The highest BCUT2D eigenvalue weighted by molar-refractivity contribution is 5.60. The number of hydrogen-bond donors (Lipinski definition) is 1. The molecule has 2 aromatic heterocycles. The van der Waals surface area contributed by atoms with Crippen LogP contribution in [0.1, 0.15) is 5.56 Å². The zero-order chi connectivity index (χ0) is 17.9. The molecule has 130 valence electrons. The van der Waals surface area contributed by atoms with E-state index in [9.17, 15) is 4.39 Å². The van der Waals surface area contributed by atoms with Crippen LogP contribution in [-0.4, -0.2) is 26.9 Å². The molecule has 2 heterocycles. The van der Waals surface area contributed by atoms with E-state index in [1.807, 2.05) is 30.3 Å². The van der Waals surface area contributed by atoms with Gasteiger partial charge in [-0.15, -0.1) is 15.3 Å². The number of ether oxygens (including phenoxy) is 1. The molecule has 0 saturated carbocycles. The first kappa shape index (κ1) is 16.0. The molecule has 2 aromatic carbocycles. The van der Waals surface area contributed by atoms with Gasteiger partial charge in [0.05, 0.1) is 12.7 Å². The highest BCUT2D eigenvalue weighted by Crippen LogP contribution is 2.21. The normalized spacial score (nSPS) is 10.8. The van der Waals surface area contributed by atoms with Crippen molar-refractivity contribution in [3.63, 3.8) is 0 Å². The maximum atomic E-state index is 14.1. The number of methoxy groups -OCH3 is 1. The molecule has 0 aliphatic heterocycles. The molecular weight excluding hydrogens is 333 g/mol. The predicted molar refractivity (Wildman–Crippen MR) is 96.5 cm³/mol. The second kappa shape index (κ2) is 6.79. The summed E-state index contributed by atoms with van der Waals surface area (Å²) in [6.07, 6.45) is 0. The van der Waals surface area contributed by atoms with Gasteiger partial charge in [-0.3, -0.25) is 0 Å². The molecule has 0 saturated heterocycles. The summed E-state index contributed by atoms with van der Waals surface area (Å²) in [7, 11) is 1.64. The number of benzene rings is 2. The number of anilines is 1. The molecule has 0 fully saturated rings. The van der Waals surface area contributed by atoms with Gasteiger partial charge in [0.15, 0.2) is 11.5 Å². The molecular formula is C19H16FN5O. The SMILES string of the molecule is COc1cccc(CNc2ccc3nnc(-c4ccccc4F)n3n2)c1. The van der Waals surface area contributed by atoms with Gasteiger partial charge >= 0.3 is 0 Å². The van der Waals surface area contributed by atoms with Crippen LogP contribution >= 0.6 is 0 Å². The molecule has 0 spiro atoms. The Morgan fingerprint density at radius 1 is 1.04 bits per heavy atom. The molecule has 0 amide bonds. The van der Waals surface area contributed by atoms with E-state index < -0.39 is 0 Å². The Balaban J connectivity index is 1.63. The second-order valence-corrected chi connectivity index (χ2v) is 5.70. The van der Waals surface area contributed by atoms with Gasteiger partial charge < -0.3 is 10.1 Å². The number of nitrogens with one attached hydrogen (secondary N) is 1. The monoisotopic (exact) mass is 349 g/mol. The fourth-order valence-corrected chi connectivity index (χ4v) is 2.67. The molecule has 0 atom stereocenters. The molecule has 4 aromatic rings. The van der Waals surface area contributed by atoms with E-state index in [4.69, 9.17) is 4.74 Å². The standard InChI is InChI=1S/C19H16FN5O/c1-26-14-6-4-5-13(11-14)12-21-17-9-10-18-22-23-19(25(18)24-17)15-7-2-3-8-16(15)20/h2-11H,12H2,1H3,(H,21,24). The Morgan fingerprint density at radius 2 is 1.92 bits per heavy atom. The minimum Gasteiger partial charge on any atom is -0.497 e. The molecule has 0 bridgehead atoms. The number of aromatic nitrogens is 4. The summed E-state index contributed by atoms with van der Waals surface area (Å²) < 4.78 is 20.9. The molecule has 6 nitrogen and oxygen atoms in total. The van der Waals surface area contributed by atoms with Crippen molar-refractivity contribution < 1.29 is 9.13 Å². The summed E-state index contributed by atoms with van der Waals surface area (Å²) in [6, 6.07) is 17.8. The van der Waals surface area contributed by atoms with Gasteiger partial charge in [0.25, 0.3) is 0 Å². The third kappa shape index (κ3) is 3.06. The molecule has 0 radical (unpaired) electrons. The van der Waals surface area contributed by atoms with E-state index in [1.54, 1.807) is 31.4 Å².